The van der Waals surface area contributed by atoms with Gasteiger partial charge in [0.2, 0.25) is 10.0 Å². The Bertz CT molecular complexity index is 377. The highest BCUT2D eigenvalue weighted by atomic mass is 32.2. The summed E-state index contributed by atoms with van der Waals surface area (Å²) in [5.74, 6) is -3.56. The van der Waals surface area contributed by atoms with Crippen molar-refractivity contribution in [3.05, 3.63) is 0 Å². The number of esters is 1. The predicted molar refractivity (Wildman–Crippen MR) is 59.8 cm³/mol. The Balaban J connectivity index is 4.75. The second kappa shape index (κ2) is 6.55. The predicted octanol–water partition coefficient (Wildman–Crippen LogP) is -0.468. The van der Waals surface area contributed by atoms with Crippen molar-refractivity contribution in [1.29, 1.82) is 0 Å². The summed E-state index contributed by atoms with van der Waals surface area (Å²) in [5.41, 5.74) is 0. The molecule has 1 N–H and O–H groups in total. The second-order valence-corrected chi connectivity index (χ2v) is 5.49. The van der Waals surface area contributed by atoms with Crippen LogP contribution in [0.15, 0.2) is 0 Å². The molecular weight excluding hydrogens is 250 g/mol. The highest BCUT2D eigenvalue weighted by Crippen LogP contribution is 2.07. The molecule has 0 saturated carbocycles. The van der Waals surface area contributed by atoms with E-state index in [0.29, 0.717) is 0 Å². The SMILES string of the molecule is CCN(CC(C)C(=O)O)S(=O)(=O)CC(=O)OC. The van der Waals surface area contributed by atoms with E-state index in [-0.39, 0.29) is 13.1 Å². The first-order chi connectivity index (χ1) is 7.74. The molecule has 0 bridgehead atoms. The standard InChI is InChI=1S/C9H17NO6S/c1-4-10(5-7(2)9(12)13)17(14,15)6-8(11)16-3/h7H,4-6H2,1-3H3,(H,12,13). The zero-order valence-corrected chi connectivity index (χ0v) is 10.9. The van der Waals surface area contributed by atoms with E-state index in [4.69, 9.17) is 5.11 Å². The number of ether oxygens (including phenoxy) is 1. The molecule has 0 rings (SSSR count). The Labute approximate surface area is 100 Å². The van der Waals surface area contributed by atoms with Gasteiger partial charge in [-0.25, -0.2) is 12.7 Å². The zero-order chi connectivity index (χ0) is 13.6. The average molecular weight is 267 g/mol. The third-order valence-electron chi connectivity index (χ3n) is 2.17. The Morgan fingerprint density at radius 2 is 1.94 bits per heavy atom. The monoisotopic (exact) mass is 267 g/mol. The fraction of sp³-hybridized carbons (Fsp3) is 0.778. The number of carboxylic acids is 1. The van der Waals surface area contributed by atoms with Crippen molar-refractivity contribution in [2.24, 2.45) is 5.92 Å². The molecule has 0 heterocycles. The fourth-order valence-corrected chi connectivity index (χ4v) is 2.56. The van der Waals surface area contributed by atoms with E-state index in [0.717, 1.165) is 11.4 Å². The van der Waals surface area contributed by atoms with Crippen LogP contribution in [0.5, 0.6) is 0 Å². The molecule has 0 aromatic rings. The maximum atomic E-state index is 11.7. The van der Waals surface area contributed by atoms with Gasteiger partial charge in [0.15, 0.2) is 5.75 Å². The number of nitrogens with zero attached hydrogens (tertiary/aromatic N) is 1. The van der Waals surface area contributed by atoms with Crippen molar-refractivity contribution < 1.29 is 27.9 Å². The molecule has 0 aliphatic carbocycles. The molecule has 1 unspecified atom stereocenters. The number of carbonyl (C=O) groups is 2. The molecule has 17 heavy (non-hydrogen) atoms. The largest absolute Gasteiger partial charge is 0.481 e. The molecule has 0 amide bonds. The number of rotatable bonds is 7. The molecule has 100 valence electrons. The maximum absolute atomic E-state index is 11.7. The quantitative estimate of drug-likeness (QED) is 0.626. The van der Waals surface area contributed by atoms with Gasteiger partial charge in [0.25, 0.3) is 0 Å². The minimum Gasteiger partial charge on any atom is -0.481 e. The second-order valence-electron chi connectivity index (χ2n) is 3.52. The molecule has 0 aromatic heterocycles. The van der Waals surface area contributed by atoms with E-state index in [1.165, 1.54) is 6.92 Å². The van der Waals surface area contributed by atoms with Gasteiger partial charge in [-0.1, -0.05) is 13.8 Å². The van der Waals surface area contributed by atoms with Crippen molar-refractivity contribution in [2.45, 2.75) is 13.8 Å². The third-order valence-corrected chi connectivity index (χ3v) is 3.97. The molecule has 0 spiro atoms. The normalized spacial score (nSPS) is 13.4. The number of aliphatic carboxylic acids is 1. The molecule has 8 heteroatoms. The summed E-state index contributed by atoms with van der Waals surface area (Å²) in [5, 5.41) is 8.71. The van der Waals surface area contributed by atoms with Crippen LogP contribution >= 0.6 is 0 Å². The highest BCUT2D eigenvalue weighted by Gasteiger charge is 2.27. The van der Waals surface area contributed by atoms with Gasteiger partial charge in [0.1, 0.15) is 0 Å². The minimum atomic E-state index is -3.82. The molecule has 0 aliphatic heterocycles. The van der Waals surface area contributed by atoms with Gasteiger partial charge in [0, 0.05) is 13.1 Å². The number of hydrogen-bond acceptors (Lipinski definition) is 5. The van der Waals surface area contributed by atoms with Crippen LogP contribution in [0.2, 0.25) is 0 Å². The Morgan fingerprint density at radius 3 is 2.29 bits per heavy atom. The molecule has 7 nitrogen and oxygen atoms in total. The van der Waals surface area contributed by atoms with Crippen molar-refractivity contribution in [1.82, 2.24) is 4.31 Å². The lowest BCUT2D eigenvalue weighted by molar-refractivity contribution is -0.141. The van der Waals surface area contributed by atoms with E-state index in [2.05, 4.69) is 4.74 Å². The van der Waals surface area contributed by atoms with Crippen LogP contribution in [0.4, 0.5) is 0 Å². The zero-order valence-electron chi connectivity index (χ0n) is 10.0. The van der Waals surface area contributed by atoms with Gasteiger partial charge in [-0.2, -0.15) is 0 Å². The molecule has 1 atom stereocenters. The van der Waals surface area contributed by atoms with E-state index >= 15 is 0 Å². The third kappa shape index (κ3) is 5.14. The van der Waals surface area contributed by atoms with E-state index in [9.17, 15) is 18.0 Å². The van der Waals surface area contributed by atoms with Gasteiger partial charge in [-0.05, 0) is 0 Å². The van der Waals surface area contributed by atoms with Crippen LogP contribution in [0.1, 0.15) is 13.8 Å². The summed E-state index contributed by atoms with van der Waals surface area (Å²) in [6.07, 6.45) is 0. The summed E-state index contributed by atoms with van der Waals surface area (Å²) >= 11 is 0. The van der Waals surface area contributed by atoms with Gasteiger partial charge >= 0.3 is 11.9 Å². The lowest BCUT2D eigenvalue weighted by atomic mass is 10.2. The topological polar surface area (TPSA) is 101 Å². The van der Waals surface area contributed by atoms with Gasteiger partial charge in [0.05, 0.1) is 13.0 Å². The number of sulfonamides is 1. The summed E-state index contributed by atoms with van der Waals surface area (Å²) in [6.45, 7) is 2.92. The number of methoxy groups -OCH3 is 1. The first-order valence-electron chi connectivity index (χ1n) is 5.02. The molecule has 0 radical (unpaired) electrons. The summed E-state index contributed by atoms with van der Waals surface area (Å²) in [7, 11) is -2.73. The lowest BCUT2D eigenvalue weighted by Gasteiger charge is -2.21. The average Bonchev–Trinajstić information content (AvgIpc) is 2.23. The summed E-state index contributed by atoms with van der Waals surface area (Å²) in [4.78, 5) is 21.6. The fourth-order valence-electron chi connectivity index (χ4n) is 1.12. The van der Waals surface area contributed by atoms with Crippen LogP contribution in [-0.4, -0.2) is 55.7 Å². The van der Waals surface area contributed by atoms with Crippen LogP contribution < -0.4 is 0 Å². The Hall–Kier alpha value is -1.15. The molecule has 0 saturated heterocycles. The summed E-state index contributed by atoms with van der Waals surface area (Å²) in [6, 6.07) is 0. The number of carboxylic acid groups (broad SMARTS) is 1. The van der Waals surface area contributed by atoms with Gasteiger partial charge in [-0.3, -0.25) is 9.59 Å². The van der Waals surface area contributed by atoms with Crippen LogP contribution in [0.3, 0.4) is 0 Å². The molecule has 0 fully saturated rings. The van der Waals surface area contributed by atoms with Crippen LogP contribution in [0.25, 0.3) is 0 Å². The first kappa shape index (κ1) is 15.9. The van der Waals surface area contributed by atoms with E-state index < -0.39 is 33.6 Å². The molecular formula is C9H17NO6S. The van der Waals surface area contributed by atoms with Crippen molar-refractivity contribution in [3.63, 3.8) is 0 Å². The van der Waals surface area contributed by atoms with Crippen molar-refractivity contribution in [2.75, 3.05) is 26.0 Å². The Morgan fingerprint density at radius 1 is 1.41 bits per heavy atom. The van der Waals surface area contributed by atoms with Crippen LogP contribution in [-0.2, 0) is 24.3 Å². The first-order valence-corrected chi connectivity index (χ1v) is 6.63. The van der Waals surface area contributed by atoms with Crippen molar-refractivity contribution >= 4 is 22.0 Å². The lowest BCUT2D eigenvalue weighted by Crippen LogP contribution is -2.39. The molecule has 0 aliphatic rings. The number of carbonyl (C=O) groups excluding carboxylic acids is 1. The van der Waals surface area contributed by atoms with Crippen LogP contribution in [0, 0.1) is 5.92 Å². The van der Waals surface area contributed by atoms with Crippen molar-refractivity contribution in [3.8, 4) is 0 Å². The van der Waals surface area contributed by atoms with E-state index in [1.54, 1.807) is 6.92 Å². The van der Waals surface area contributed by atoms with Gasteiger partial charge < -0.3 is 9.84 Å². The highest BCUT2D eigenvalue weighted by molar-refractivity contribution is 7.89. The Kier molecular flexibility index (Phi) is 6.11. The summed E-state index contributed by atoms with van der Waals surface area (Å²) < 4.78 is 28.7. The maximum Gasteiger partial charge on any atom is 0.322 e. The molecule has 0 aromatic carbocycles. The smallest absolute Gasteiger partial charge is 0.322 e. The van der Waals surface area contributed by atoms with Gasteiger partial charge in [-0.15, -0.1) is 0 Å². The minimum absolute atomic E-state index is 0.108. The number of hydrogen-bond donors (Lipinski definition) is 1. The van der Waals surface area contributed by atoms with E-state index in [1.807, 2.05) is 0 Å².